The number of anilines is 1. The summed E-state index contributed by atoms with van der Waals surface area (Å²) < 4.78 is 33.8. The van der Waals surface area contributed by atoms with Crippen molar-refractivity contribution in [1.82, 2.24) is 0 Å². The Labute approximate surface area is 144 Å². The number of rotatable bonds is 8. The number of ether oxygens (including phenoxy) is 2. The van der Waals surface area contributed by atoms with E-state index in [9.17, 15) is 13.6 Å². The van der Waals surface area contributed by atoms with Gasteiger partial charge < -0.3 is 20.1 Å². The fourth-order valence-corrected chi connectivity index (χ4v) is 2.39. The minimum Gasteiger partial charge on any atom is -0.496 e. The van der Waals surface area contributed by atoms with E-state index in [0.29, 0.717) is 5.69 Å². The summed E-state index contributed by atoms with van der Waals surface area (Å²) in [5.41, 5.74) is 1.52. The van der Waals surface area contributed by atoms with Gasteiger partial charge in [0.15, 0.2) is 6.54 Å². The molecule has 7 heteroatoms. The van der Waals surface area contributed by atoms with E-state index < -0.39 is 6.61 Å². The Morgan fingerprint density at radius 3 is 2.48 bits per heavy atom. The predicted molar refractivity (Wildman–Crippen MR) is 89.9 cm³/mol. The second-order valence-corrected chi connectivity index (χ2v) is 5.42. The summed E-state index contributed by atoms with van der Waals surface area (Å²) >= 11 is 0. The molecule has 0 saturated carbocycles. The van der Waals surface area contributed by atoms with E-state index in [2.05, 4.69) is 10.1 Å². The first-order chi connectivity index (χ1) is 12.0. The molecule has 0 fully saturated rings. The van der Waals surface area contributed by atoms with Crippen LogP contribution in [-0.2, 0) is 4.79 Å². The fraction of sp³-hybridized carbons (Fsp3) is 0.278. The summed E-state index contributed by atoms with van der Waals surface area (Å²) in [6.07, 6.45) is 0. The van der Waals surface area contributed by atoms with Crippen molar-refractivity contribution in [2.75, 3.05) is 19.0 Å². The normalized spacial score (nSPS) is 11.9. The molecular weight excluding hydrogens is 330 g/mol. The molecule has 1 amide bonds. The molecule has 3 N–H and O–H groups in total. The first-order valence-corrected chi connectivity index (χ1v) is 7.80. The van der Waals surface area contributed by atoms with Crippen molar-refractivity contribution in [1.29, 1.82) is 0 Å². The summed E-state index contributed by atoms with van der Waals surface area (Å²) in [4.78, 5) is 12.0. The van der Waals surface area contributed by atoms with Crippen LogP contribution in [0.15, 0.2) is 48.5 Å². The molecule has 2 aromatic carbocycles. The molecule has 0 radical (unpaired) electrons. The largest absolute Gasteiger partial charge is 0.496 e. The number of para-hydroxylation sites is 1. The van der Waals surface area contributed by atoms with Crippen LogP contribution in [0.3, 0.4) is 0 Å². The van der Waals surface area contributed by atoms with Crippen LogP contribution in [0.2, 0.25) is 0 Å². The molecule has 0 aromatic heterocycles. The molecule has 1 atom stereocenters. The first-order valence-electron chi connectivity index (χ1n) is 7.80. The highest BCUT2D eigenvalue weighted by molar-refractivity contribution is 5.91. The molecule has 0 bridgehead atoms. The molecule has 2 rings (SSSR count). The van der Waals surface area contributed by atoms with Gasteiger partial charge in [-0.25, -0.2) is 0 Å². The van der Waals surface area contributed by atoms with E-state index in [1.54, 1.807) is 7.11 Å². The van der Waals surface area contributed by atoms with E-state index >= 15 is 0 Å². The number of methoxy groups -OCH3 is 1. The molecule has 0 spiro atoms. The molecule has 0 saturated heterocycles. The van der Waals surface area contributed by atoms with Gasteiger partial charge in [0.25, 0.3) is 5.91 Å². The maximum absolute atomic E-state index is 12.1. The third-order valence-corrected chi connectivity index (χ3v) is 3.65. The van der Waals surface area contributed by atoms with E-state index in [-0.39, 0.29) is 24.2 Å². The lowest BCUT2D eigenvalue weighted by Crippen LogP contribution is -2.86. The minimum absolute atomic E-state index is 0.0451. The zero-order chi connectivity index (χ0) is 18.2. The van der Waals surface area contributed by atoms with Crippen molar-refractivity contribution < 1.29 is 28.4 Å². The quantitative estimate of drug-likeness (QED) is 0.768. The van der Waals surface area contributed by atoms with Crippen LogP contribution in [0, 0.1) is 0 Å². The third kappa shape index (κ3) is 5.72. The Hall–Kier alpha value is -2.67. The number of halogens is 2. The number of quaternary nitrogens is 1. The molecule has 5 nitrogen and oxygen atoms in total. The van der Waals surface area contributed by atoms with Gasteiger partial charge in [-0.3, -0.25) is 4.79 Å². The number of hydrogen-bond acceptors (Lipinski definition) is 3. The van der Waals surface area contributed by atoms with E-state index in [1.807, 2.05) is 36.5 Å². The highest BCUT2D eigenvalue weighted by Gasteiger charge is 2.15. The molecule has 2 aromatic rings. The number of alkyl halides is 2. The van der Waals surface area contributed by atoms with Crippen LogP contribution in [0.25, 0.3) is 0 Å². The number of carbonyl (C=O) groups excluding carboxylic acids is 1. The Morgan fingerprint density at radius 2 is 1.84 bits per heavy atom. The third-order valence-electron chi connectivity index (χ3n) is 3.65. The maximum atomic E-state index is 12.1. The Kier molecular flexibility index (Phi) is 6.71. The standard InChI is InChI=1S/C18H20F2N2O3/c1-12(15-5-3-4-6-16(15)24-2)21-11-17(23)22-13-7-9-14(10-8-13)25-18(19)20/h3-10,12,18,21H,11H2,1-2H3,(H,22,23)/p+1/t12-/m1/s1. The van der Waals surface area contributed by atoms with Gasteiger partial charge in [-0.05, 0) is 43.3 Å². The number of benzene rings is 2. The minimum atomic E-state index is -2.87. The molecule has 0 aliphatic carbocycles. The highest BCUT2D eigenvalue weighted by atomic mass is 19.3. The van der Waals surface area contributed by atoms with Gasteiger partial charge in [-0.15, -0.1) is 0 Å². The van der Waals surface area contributed by atoms with Crippen LogP contribution in [0.1, 0.15) is 18.5 Å². The van der Waals surface area contributed by atoms with Crippen molar-refractivity contribution >= 4 is 11.6 Å². The van der Waals surface area contributed by atoms with Gasteiger partial charge in [-0.1, -0.05) is 12.1 Å². The number of carbonyl (C=O) groups is 1. The van der Waals surface area contributed by atoms with Crippen molar-refractivity contribution in [2.24, 2.45) is 0 Å². The fourth-order valence-electron chi connectivity index (χ4n) is 2.39. The lowest BCUT2D eigenvalue weighted by atomic mass is 10.1. The Bertz CT molecular complexity index is 693. The molecule has 0 aliphatic rings. The molecule has 0 heterocycles. The second kappa shape index (κ2) is 8.98. The highest BCUT2D eigenvalue weighted by Crippen LogP contribution is 2.22. The Balaban J connectivity index is 1.86. The summed E-state index contributed by atoms with van der Waals surface area (Å²) in [5, 5.41) is 4.60. The summed E-state index contributed by atoms with van der Waals surface area (Å²) in [5.74, 6) is 0.634. The SMILES string of the molecule is COc1ccccc1[C@@H](C)[NH2+]CC(=O)Nc1ccc(OC(F)F)cc1. The summed E-state index contributed by atoms with van der Waals surface area (Å²) in [7, 11) is 1.61. The lowest BCUT2D eigenvalue weighted by Gasteiger charge is -2.14. The number of nitrogens with two attached hydrogens (primary N) is 1. The molecule has 0 unspecified atom stereocenters. The number of nitrogens with one attached hydrogen (secondary N) is 1. The van der Waals surface area contributed by atoms with Gasteiger partial charge in [0.05, 0.1) is 12.7 Å². The van der Waals surface area contributed by atoms with Gasteiger partial charge >= 0.3 is 6.61 Å². The average Bonchev–Trinajstić information content (AvgIpc) is 2.61. The number of amides is 1. The molecule has 0 aliphatic heterocycles. The smallest absolute Gasteiger partial charge is 0.387 e. The van der Waals surface area contributed by atoms with Crippen LogP contribution in [0.5, 0.6) is 11.5 Å². The zero-order valence-corrected chi connectivity index (χ0v) is 14.0. The van der Waals surface area contributed by atoms with Gasteiger partial charge in [-0.2, -0.15) is 8.78 Å². The van der Waals surface area contributed by atoms with E-state index in [0.717, 1.165) is 11.3 Å². The van der Waals surface area contributed by atoms with Crippen LogP contribution in [-0.4, -0.2) is 26.2 Å². The van der Waals surface area contributed by atoms with Gasteiger partial charge in [0.2, 0.25) is 0 Å². The number of hydrogen-bond donors (Lipinski definition) is 2. The van der Waals surface area contributed by atoms with E-state index in [1.165, 1.54) is 24.3 Å². The molecule has 134 valence electrons. The average molecular weight is 351 g/mol. The lowest BCUT2D eigenvalue weighted by molar-refractivity contribution is -0.682. The summed E-state index contributed by atoms with van der Waals surface area (Å²) in [6, 6.07) is 13.5. The van der Waals surface area contributed by atoms with Crippen LogP contribution >= 0.6 is 0 Å². The molecular formula is C18H21F2N2O3+. The van der Waals surface area contributed by atoms with Crippen molar-refractivity contribution in [3.63, 3.8) is 0 Å². The predicted octanol–water partition coefficient (Wildman–Crippen LogP) is 2.56. The van der Waals surface area contributed by atoms with Crippen LogP contribution in [0.4, 0.5) is 14.5 Å². The topological polar surface area (TPSA) is 64.2 Å². The second-order valence-electron chi connectivity index (χ2n) is 5.42. The van der Waals surface area contributed by atoms with Gasteiger partial charge in [0.1, 0.15) is 17.5 Å². The summed E-state index contributed by atoms with van der Waals surface area (Å²) in [6.45, 7) is -0.665. The Morgan fingerprint density at radius 1 is 1.16 bits per heavy atom. The van der Waals surface area contributed by atoms with Gasteiger partial charge in [0, 0.05) is 5.69 Å². The van der Waals surface area contributed by atoms with Crippen molar-refractivity contribution in [2.45, 2.75) is 19.6 Å². The van der Waals surface area contributed by atoms with Crippen molar-refractivity contribution in [3.8, 4) is 11.5 Å². The van der Waals surface area contributed by atoms with E-state index in [4.69, 9.17) is 4.74 Å². The zero-order valence-electron chi connectivity index (χ0n) is 14.0. The van der Waals surface area contributed by atoms with Crippen LogP contribution < -0.4 is 20.1 Å². The molecule has 25 heavy (non-hydrogen) atoms. The monoisotopic (exact) mass is 351 g/mol. The first kappa shape index (κ1) is 18.7. The maximum Gasteiger partial charge on any atom is 0.387 e. The van der Waals surface area contributed by atoms with Crippen molar-refractivity contribution in [3.05, 3.63) is 54.1 Å².